The number of aromatic nitrogens is 5. The molecule has 0 radical (unpaired) electrons. The van der Waals surface area contributed by atoms with E-state index in [-0.39, 0.29) is 5.56 Å². The van der Waals surface area contributed by atoms with Crippen molar-refractivity contribution < 1.29 is 0 Å². The minimum absolute atomic E-state index is 0.159. The topological polar surface area (TPSA) is 77.6 Å². The minimum Gasteiger partial charge on any atom is -0.310 e. The molecule has 7 nitrogen and oxygen atoms in total. The summed E-state index contributed by atoms with van der Waals surface area (Å²) in [4.78, 5) is 13.4. The van der Waals surface area contributed by atoms with Crippen LogP contribution in [0.15, 0.2) is 26.9 Å². The second-order valence-corrected chi connectivity index (χ2v) is 6.44. The molecule has 3 aromatic heterocycles. The first-order valence-electron chi connectivity index (χ1n) is 6.34. The Bertz CT molecular complexity index is 823. The summed E-state index contributed by atoms with van der Waals surface area (Å²) < 4.78 is 4.00. The van der Waals surface area contributed by atoms with Gasteiger partial charge < -0.3 is 5.32 Å². The van der Waals surface area contributed by atoms with E-state index in [0.717, 1.165) is 11.0 Å². The highest BCUT2D eigenvalue weighted by Crippen LogP contribution is 2.19. The fourth-order valence-electron chi connectivity index (χ4n) is 1.97. The van der Waals surface area contributed by atoms with Crippen LogP contribution < -0.4 is 10.9 Å². The van der Waals surface area contributed by atoms with E-state index < -0.39 is 0 Å². The third kappa shape index (κ3) is 3.04. The molecular formula is C12H13BrN6OS. The van der Waals surface area contributed by atoms with E-state index in [1.807, 2.05) is 5.38 Å². The van der Waals surface area contributed by atoms with Crippen LogP contribution in [0.3, 0.4) is 0 Å². The molecule has 3 heterocycles. The maximum Gasteiger partial charge on any atom is 0.280 e. The number of halogens is 1. The van der Waals surface area contributed by atoms with Crippen molar-refractivity contribution >= 4 is 38.3 Å². The van der Waals surface area contributed by atoms with Crippen LogP contribution in [-0.4, -0.2) is 31.3 Å². The van der Waals surface area contributed by atoms with Crippen LogP contribution >= 0.6 is 27.3 Å². The van der Waals surface area contributed by atoms with Crippen molar-refractivity contribution in [1.82, 2.24) is 30.1 Å². The van der Waals surface area contributed by atoms with E-state index in [4.69, 9.17) is 0 Å². The Balaban J connectivity index is 1.63. The van der Waals surface area contributed by atoms with Gasteiger partial charge in [-0.2, -0.15) is 5.10 Å². The van der Waals surface area contributed by atoms with Crippen LogP contribution in [0.4, 0.5) is 0 Å². The van der Waals surface area contributed by atoms with Crippen molar-refractivity contribution in [1.29, 1.82) is 0 Å². The number of nitrogens with one attached hydrogen (secondary N) is 1. The molecular weight excluding hydrogens is 356 g/mol. The third-order valence-electron chi connectivity index (χ3n) is 3.04. The zero-order valence-electron chi connectivity index (χ0n) is 11.3. The SMILES string of the molecule is Cn1ncc2c(=O)n(CCNCc3cc(Br)cs3)nnc21. The molecule has 3 aromatic rings. The number of thiophene rings is 1. The van der Waals surface area contributed by atoms with E-state index in [1.165, 1.54) is 15.8 Å². The standard InChI is InChI=1S/C12H13BrN6OS/c1-18-11-10(6-15-18)12(20)19(17-16-11)3-2-14-5-9-4-8(13)7-21-9/h4,6-7,14H,2-3,5H2,1H3. The number of nitrogens with zero attached hydrogens (tertiary/aromatic N) is 5. The van der Waals surface area contributed by atoms with Gasteiger partial charge in [-0.05, 0) is 22.0 Å². The highest BCUT2D eigenvalue weighted by Gasteiger charge is 2.08. The lowest BCUT2D eigenvalue weighted by Crippen LogP contribution is -2.29. The highest BCUT2D eigenvalue weighted by atomic mass is 79.9. The maximum absolute atomic E-state index is 12.2. The Morgan fingerprint density at radius 3 is 3.10 bits per heavy atom. The van der Waals surface area contributed by atoms with Crippen LogP contribution in [0.25, 0.3) is 11.0 Å². The molecule has 0 atom stereocenters. The van der Waals surface area contributed by atoms with Crippen LogP contribution in [0.1, 0.15) is 4.88 Å². The second kappa shape index (κ2) is 6.04. The second-order valence-electron chi connectivity index (χ2n) is 4.53. The lowest BCUT2D eigenvalue weighted by Gasteiger charge is -2.04. The maximum atomic E-state index is 12.2. The predicted octanol–water partition coefficient (Wildman–Crippen LogP) is 1.14. The molecule has 0 spiro atoms. The molecule has 0 fully saturated rings. The summed E-state index contributed by atoms with van der Waals surface area (Å²) in [6, 6.07) is 2.07. The molecule has 1 N–H and O–H groups in total. The summed E-state index contributed by atoms with van der Waals surface area (Å²) in [6.45, 7) is 1.90. The van der Waals surface area contributed by atoms with Crippen molar-refractivity contribution in [2.45, 2.75) is 13.1 Å². The van der Waals surface area contributed by atoms with Crippen LogP contribution in [0.2, 0.25) is 0 Å². The van der Waals surface area contributed by atoms with Gasteiger partial charge in [0.15, 0.2) is 5.65 Å². The number of fused-ring (bicyclic) bond motifs is 1. The molecule has 0 aromatic carbocycles. The molecule has 0 unspecified atom stereocenters. The molecule has 9 heteroatoms. The molecule has 0 aliphatic carbocycles. The monoisotopic (exact) mass is 368 g/mol. The number of rotatable bonds is 5. The molecule has 0 saturated carbocycles. The summed E-state index contributed by atoms with van der Waals surface area (Å²) in [7, 11) is 1.74. The minimum atomic E-state index is -0.159. The largest absolute Gasteiger partial charge is 0.310 e. The zero-order chi connectivity index (χ0) is 14.8. The lowest BCUT2D eigenvalue weighted by molar-refractivity contribution is 0.512. The third-order valence-corrected chi connectivity index (χ3v) is 4.74. The van der Waals surface area contributed by atoms with Gasteiger partial charge in [-0.3, -0.25) is 4.79 Å². The number of hydrogen-bond donors (Lipinski definition) is 1. The van der Waals surface area contributed by atoms with E-state index in [0.29, 0.717) is 24.1 Å². The summed E-state index contributed by atoms with van der Waals surface area (Å²) in [5.74, 6) is 0. The van der Waals surface area contributed by atoms with Gasteiger partial charge in [-0.25, -0.2) is 9.36 Å². The fraction of sp³-hybridized carbons (Fsp3) is 0.333. The quantitative estimate of drug-likeness (QED) is 0.683. The Labute approximate surface area is 132 Å². The van der Waals surface area contributed by atoms with Gasteiger partial charge in [-0.1, -0.05) is 5.21 Å². The van der Waals surface area contributed by atoms with Gasteiger partial charge in [0.1, 0.15) is 5.39 Å². The lowest BCUT2D eigenvalue weighted by atomic mass is 10.4. The van der Waals surface area contributed by atoms with E-state index in [1.54, 1.807) is 23.1 Å². The van der Waals surface area contributed by atoms with E-state index in [9.17, 15) is 4.79 Å². The number of aryl methyl sites for hydroxylation is 1. The summed E-state index contributed by atoms with van der Waals surface area (Å²) in [5.41, 5.74) is 0.349. The van der Waals surface area contributed by atoms with Crippen molar-refractivity contribution in [2.75, 3.05) is 6.54 Å². The Morgan fingerprint density at radius 2 is 2.33 bits per heavy atom. The first-order valence-corrected chi connectivity index (χ1v) is 8.01. The first kappa shape index (κ1) is 14.4. The average molecular weight is 369 g/mol. The van der Waals surface area contributed by atoms with Crippen molar-refractivity contribution in [3.63, 3.8) is 0 Å². The Morgan fingerprint density at radius 1 is 1.48 bits per heavy atom. The van der Waals surface area contributed by atoms with Gasteiger partial charge >= 0.3 is 0 Å². The van der Waals surface area contributed by atoms with Crippen LogP contribution in [0, 0.1) is 0 Å². The molecule has 0 saturated heterocycles. The first-order chi connectivity index (χ1) is 10.1. The molecule has 0 amide bonds. The van der Waals surface area contributed by atoms with E-state index >= 15 is 0 Å². The Kier molecular flexibility index (Phi) is 4.13. The molecule has 110 valence electrons. The smallest absolute Gasteiger partial charge is 0.280 e. The van der Waals surface area contributed by atoms with Crippen molar-refractivity contribution in [2.24, 2.45) is 7.05 Å². The fourth-order valence-corrected chi connectivity index (χ4v) is 3.39. The summed E-state index contributed by atoms with van der Waals surface area (Å²) >= 11 is 5.11. The number of hydrogen-bond acceptors (Lipinski definition) is 6. The van der Waals surface area contributed by atoms with Gasteiger partial charge in [0, 0.05) is 34.9 Å². The van der Waals surface area contributed by atoms with Crippen LogP contribution in [0.5, 0.6) is 0 Å². The average Bonchev–Trinajstić information content (AvgIpc) is 3.04. The van der Waals surface area contributed by atoms with Gasteiger partial charge in [0.25, 0.3) is 5.56 Å². The summed E-state index contributed by atoms with van der Waals surface area (Å²) in [6.07, 6.45) is 1.53. The zero-order valence-corrected chi connectivity index (χ0v) is 13.7. The molecule has 3 rings (SSSR count). The van der Waals surface area contributed by atoms with Gasteiger partial charge in [-0.15, -0.1) is 16.4 Å². The van der Waals surface area contributed by atoms with Crippen molar-refractivity contribution in [3.8, 4) is 0 Å². The van der Waals surface area contributed by atoms with Gasteiger partial charge in [0.2, 0.25) is 0 Å². The van der Waals surface area contributed by atoms with E-state index in [2.05, 4.69) is 42.7 Å². The Hall–Kier alpha value is -1.58. The summed E-state index contributed by atoms with van der Waals surface area (Å²) in [5, 5.41) is 17.8. The molecule has 21 heavy (non-hydrogen) atoms. The highest BCUT2D eigenvalue weighted by molar-refractivity contribution is 9.10. The van der Waals surface area contributed by atoms with Gasteiger partial charge in [0.05, 0.1) is 12.7 Å². The molecule has 0 aliphatic heterocycles. The molecule has 0 aliphatic rings. The molecule has 0 bridgehead atoms. The van der Waals surface area contributed by atoms with Crippen LogP contribution in [-0.2, 0) is 20.1 Å². The van der Waals surface area contributed by atoms with Crippen molar-refractivity contribution in [3.05, 3.63) is 37.3 Å². The normalized spacial score (nSPS) is 11.3. The predicted molar refractivity (Wildman–Crippen MR) is 84.3 cm³/mol.